The number of benzene rings is 2. The van der Waals surface area contributed by atoms with Crippen LogP contribution < -0.4 is 16.0 Å². The number of rotatable bonds is 14. The zero-order chi connectivity index (χ0) is 80.2. The van der Waals surface area contributed by atoms with Crippen molar-refractivity contribution in [2.75, 3.05) is 88.2 Å². The summed E-state index contributed by atoms with van der Waals surface area (Å²) in [7, 11) is 7.82. The van der Waals surface area contributed by atoms with E-state index in [1.807, 2.05) is 0 Å². The van der Waals surface area contributed by atoms with E-state index in [9.17, 15) is 55.1 Å². The lowest BCUT2D eigenvalue weighted by Gasteiger charge is -2.47. The van der Waals surface area contributed by atoms with Crippen molar-refractivity contribution in [3.63, 3.8) is 0 Å². The van der Waals surface area contributed by atoms with Crippen molar-refractivity contribution in [2.24, 2.45) is 11.8 Å². The maximum absolute atomic E-state index is 15.6. The van der Waals surface area contributed by atoms with Crippen LogP contribution in [0.2, 0.25) is 0 Å². The molecule has 33 heteroatoms. The molecule has 1 spiro atoms. The predicted octanol–water partition coefficient (Wildman–Crippen LogP) is 5.88. The van der Waals surface area contributed by atoms with Gasteiger partial charge in [0.15, 0.2) is 0 Å². The molecule has 3 aliphatic heterocycles. The van der Waals surface area contributed by atoms with Gasteiger partial charge in [-0.05, 0) is 132 Å². The minimum absolute atomic E-state index is 0.0137. The number of fused-ring (bicyclic) bond motifs is 3. The lowest BCUT2D eigenvalue weighted by atomic mass is 9.74. The number of hydrogen-bond acceptors (Lipinski definition) is 13. The normalized spacial score (nSPS) is 26.0. The zero-order valence-corrected chi connectivity index (χ0v) is 63.6. The number of halogens is 8. The van der Waals surface area contributed by atoms with Gasteiger partial charge in [-0.15, -0.1) is 0 Å². The minimum atomic E-state index is -5.46. The third-order valence-corrected chi connectivity index (χ3v) is 22.0. The van der Waals surface area contributed by atoms with Gasteiger partial charge < -0.3 is 64.8 Å². The zero-order valence-electron chi connectivity index (χ0n) is 63.6. The van der Waals surface area contributed by atoms with Gasteiger partial charge in [-0.1, -0.05) is 64.3 Å². The number of carbonyl (C=O) groups excluding carboxylic acids is 12. The third-order valence-electron chi connectivity index (χ3n) is 22.0. The summed E-state index contributed by atoms with van der Waals surface area (Å²) >= 11 is 0. The Hall–Kier alpha value is -8.78. The van der Waals surface area contributed by atoms with E-state index in [1.165, 1.54) is 45.0 Å². The smallest absolute Gasteiger partial charge is 0.377 e. The molecule has 2 saturated heterocycles. The molecule has 0 radical (unpaired) electrons. The Kier molecular flexibility index (Phi) is 29.7. The minimum Gasteiger partial charge on any atom is -0.377 e. The van der Waals surface area contributed by atoms with Crippen LogP contribution in [0.5, 0.6) is 0 Å². The summed E-state index contributed by atoms with van der Waals surface area (Å²) in [4.78, 5) is 191. The molecule has 25 nitrogen and oxygen atoms in total. The fourth-order valence-corrected chi connectivity index (χ4v) is 15.2. The summed E-state index contributed by atoms with van der Waals surface area (Å²) in [5, 5.41) is 8.24. The van der Waals surface area contributed by atoms with Gasteiger partial charge in [0, 0.05) is 87.9 Å². The van der Waals surface area contributed by atoms with E-state index in [0.29, 0.717) is 50.7 Å². The molecule has 0 aromatic heterocycles. The molecule has 4 fully saturated rings. The van der Waals surface area contributed by atoms with E-state index in [-0.39, 0.29) is 76.9 Å². The number of aryl methyl sites for hydroxylation is 1. The lowest BCUT2D eigenvalue weighted by Crippen LogP contribution is -2.68. The Balaban J connectivity index is 1.35. The van der Waals surface area contributed by atoms with Crippen molar-refractivity contribution in [1.82, 2.24) is 60.0 Å². The summed E-state index contributed by atoms with van der Waals surface area (Å²) in [6.07, 6.45) is -7.46. The lowest BCUT2D eigenvalue weighted by molar-refractivity contribution is -0.158. The van der Waals surface area contributed by atoms with Crippen LogP contribution in [0.15, 0.2) is 48.6 Å². The Morgan fingerprint density at radius 1 is 0.657 bits per heavy atom. The highest BCUT2D eigenvalue weighted by molar-refractivity contribution is 6.01. The van der Waals surface area contributed by atoms with Gasteiger partial charge >= 0.3 is 12.4 Å². The van der Waals surface area contributed by atoms with E-state index in [0.717, 1.165) is 65.6 Å². The summed E-state index contributed by atoms with van der Waals surface area (Å²) in [5.41, 5.74) is -5.25. The van der Waals surface area contributed by atoms with Crippen LogP contribution >= 0.6 is 0 Å². The van der Waals surface area contributed by atoms with Crippen LogP contribution in [0.25, 0.3) is 0 Å². The SMILES string of the molecule is CCO[C@@H]1C[C@H]2C(=O)NC3(CCC3)C(=O)N(C)[C@@H](C3CCCC3)C(=O)N(C)[C@H](C(=O)N(CC)CC)CC(=O)N(C)[C@@H](CC)C(=O)N[C@@H]([C@@H](C)CC)C(=O)N(C)CC(=O)N(C)[C@H]3C/C=C\CCN(C3=O)[C@@H](Cc3ccc(C(F)(F)F)cc3)C(=O)N(C)CC(=O)N[C@@H](CCc3cc(F)c(C(F)(F)F)c(F)c3)C(=O)N2C1. The fourth-order valence-electron chi connectivity index (χ4n) is 15.2. The molecule has 2 aliphatic carbocycles. The van der Waals surface area contributed by atoms with Crippen molar-refractivity contribution in [2.45, 2.75) is 217 Å². The third kappa shape index (κ3) is 20.2. The first-order chi connectivity index (χ1) is 50.8. The van der Waals surface area contributed by atoms with Crippen molar-refractivity contribution in [3.05, 3.63) is 82.4 Å². The highest BCUT2D eigenvalue weighted by Crippen LogP contribution is 2.40. The van der Waals surface area contributed by atoms with E-state index < -0.39 is 222 Å². The molecule has 2 aromatic rings. The average Bonchev–Trinajstić information content (AvgIpc) is 1.15. The van der Waals surface area contributed by atoms with E-state index in [2.05, 4.69) is 16.0 Å². The van der Waals surface area contributed by atoms with Gasteiger partial charge in [0.25, 0.3) is 0 Å². The number of amides is 12. The summed E-state index contributed by atoms with van der Waals surface area (Å²) in [5.74, 6) is -15.0. The van der Waals surface area contributed by atoms with E-state index in [1.54, 1.807) is 53.7 Å². The molecule has 12 amide bonds. The highest BCUT2D eigenvalue weighted by atomic mass is 19.4. The van der Waals surface area contributed by atoms with Crippen LogP contribution in [-0.2, 0) is 87.5 Å². The quantitative estimate of drug-likeness (QED) is 0.147. The van der Waals surface area contributed by atoms with Crippen LogP contribution in [0, 0.1) is 23.5 Å². The van der Waals surface area contributed by atoms with Gasteiger partial charge in [-0.3, -0.25) is 57.5 Å². The molecule has 0 unspecified atom stereocenters. The number of hydrogen-bond donors (Lipinski definition) is 3. The van der Waals surface area contributed by atoms with Crippen LogP contribution in [-0.4, -0.2) is 263 Å². The van der Waals surface area contributed by atoms with Crippen LogP contribution in [0.1, 0.15) is 154 Å². The number of carbonyl (C=O) groups is 12. The maximum Gasteiger partial charge on any atom is 0.422 e. The van der Waals surface area contributed by atoms with Gasteiger partial charge in [0.1, 0.15) is 71.1 Å². The first-order valence-electron chi connectivity index (χ1n) is 37.1. The standard InChI is InChI=1S/C75H104F8N12O13/c1-13-44(6)62-70(105)88(8)43-60(98)90(10)54-26-19-18-22-35-94(69(54)104)57(38-45-27-30-48(31-28-45)74(78,79)80)67(102)87(7)42-58(96)84-52(32-29-46-36-50(76)61(51(77)37-46)75(81,82)83)66(101)95-41-49(108-17-5)39-55(95)65(100)86-73(33-23-34-73)72(107)92(12)63(47-24-20-21-25-47)71(106)91(11)56(68(103)93(15-3)16-4)40-59(97)89(9)53(14-2)64(99)85-62/h18-19,27-28,30-31,36-37,44,47,49,52-57,62-63H,13-17,20-26,29,32-35,38-43H2,1-12H3,(H,84,96)(H,85,99)(H,86,100)/b19-18-/t44-,49+,52-,53-,54-,55-,56-,57-,62-,63-/m0/s1. The summed E-state index contributed by atoms with van der Waals surface area (Å²) in [6.45, 7) is 8.28. The van der Waals surface area contributed by atoms with Gasteiger partial charge in [0.2, 0.25) is 70.9 Å². The molecule has 2 saturated carbocycles. The molecule has 10 atom stereocenters. The highest BCUT2D eigenvalue weighted by Gasteiger charge is 2.54. The molecular formula is C75H104F8N12O13. The monoisotopic (exact) mass is 1530 g/mol. The first kappa shape index (κ1) is 86.5. The van der Waals surface area contributed by atoms with Gasteiger partial charge in [0.05, 0.1) is 31.2 Å². The van der Waals surface area contributed by atoms with Crippen LogP contribution in [0.4, 0.5) is 35.1 Å². The van der Waals surface area contributed by atoms with Crippen molar-refractivity contribution in [1.29, 1.82) is 0 Å². The molecule has 2 bridgehead atoms. The second-order valence-corrected chi connectivity index (χ2v) is 29.1. The number of nitrogens with one attached hydrogen (secondary N) is 3. The molecule has 2 aromatic carbocycles. The van der Waals surface area contributed by atoms with E-state index >= 15 is 37.5 Å². The second kappa shape index (κ2) is 37.1. The second-order valence-electron chi connectivity index (χ2n) is 29.1. The Morgan fingerprint density at radius 2 is 1.28 bits per heavy atom. The Bertz CT molecular complexity index is 3620. The average molecular weight is 1530 g/mol. The van der Waals surface area contributed by atoms with Crippen molar-refractivity contribution in [3.8, 4) is 0 Å². The molecule has 5 aliphatic rings. The molecule has 3 N–H and O–H groups in total. The fraction of sp³-hybridized carbons (Fsp3) is 0.653. The molecule has 7 rings (SSSR count). The number of ether oxygens (including phenoxy) is 1. The number of nitrogens with zero attached hydrogens (tertiary/aromatic N) is 9. The maximum atomic E-state index is 15.6. The molecule has 3 heterocycles. The Labute approximate surface area is 625 Å². The van der Waals surface area contributed by atoms with Crippen molar-refractivity contribution < 1.29 is 97.4 Å². The van der Waals surface area contributed by atoms with Crippen LogP contribution in [0.3, 0.4) is 0 Å². The van der Waals surface area contributed by atoms with Gasteiger partial charge in [-0.25, -0.2) is 8.78 Å². The molecule has 108 heavy (non-hydrogen) atoms. The largest absolute Gasteiger partial charge is 0.422 e. The topological polar surface area (TPSA) is 279 Å². The van der Waals surface area contributed by atoms with Crippen molar-refractivity contribution >= 4 is 70.9 Å². The number of alkyl halides is 6. The van der Waals surface area contributed by atoms with E-state index in [4.69, 9.17) is 4.74 Å². The predicted molar refractivity (Wildman–Crippen MR) is 379 cm³/mol. The number of likely N-dealkylation sites (N-methyl/N-ethyl adjacent to an activating group) is 7. The summed E-state index contributed by atoms with van der Waals surface area (Å²) in [6, 6.07) is -7.28. The first-order valence-corrected chi connectivity index (χ1v) is 37.1. The summed E-state index contributed by atoms with van der Waals surface area (Å²) < 4.78 is 120. The molecular weight excluding hydrogens is 1430 g/mol. The Morgan fingerprint density at radius 3 is 1.83 bits per heavy atom. The van der Waals surface area contributed by atoms with Gasteiger partial charge in [-0.2, -0.15) is 26.3 Å². The molecule has 598 valence electrons.